The number of aryl methyl sites for hydroxylation is 1. The summed E-state index contributed by atoms with van der Waals surface area (Å²) >= 11 is 0. The van der Waals surface area contributed by atoms with Crippen molar-refractivity contribution in [3.63, 3.8) is 0 Å². The first-order valence-electron chi connectivity index (χ1n) is 8.42. The average molecular weight is 378 g/mol. The summed E-state index contributed by atoms with van der Waals surface area (Å²) in [6.07, 6.45) is 3.55. The molecule has 8 heteroatoms. The molecule has 1 amide bonds. The second-order valence-electron chi connectivity index (χ2n) is 7.22. The Morgan fingerprint density at radius 3 is 2.38 bits per heavy atom. The van der Waals surface area contributed by atoms with Crippen molar-refractivity contribution in [2.75, 3.05) is 6.54 Å². The van der Waals surface area contributed by atoms with Gasteiger partial charge in [0.1, 0.15) is 0 Å². The lowest BCUT2D eigenvalue weighted by Gasteiger charge is -2.19. The second kappa shape index (κ2) is 8.01. The Balaban J connectivity index is 1.83. The second-order valence-corrected chi connectivity index (χ2v) is 8.99. The van der Waals surface area contributed by atoms with Gasteiger partial charge in [-0.05, 0) is 23.1 Å². The number of nitrogens with zero attached hydrogens (tertiary/aromatic N) is 2. The maximum Gasteiger partial charge on any atom is 0.240 e. The molecule has 142 valence electrons. The van der Waals surface area contributed by atoms with Crippen LogP contribution >= 0.6 is 0 Å². The first kappa shape index (κ1) is 20.1. The Bertz CT molecular complexity index is 849. The lowest BCUT2D eigenvalue weighted by atomic mass is 9.87. The smallest absolute Gasteiger partial charge is 0.240 e. The van der Waals surface area contributed by atoms with Crippen LogP contribution in [-0.2, 0) is 33.8 Å². The molecule has 0 saturated heterocycles. The summed E-state index contributed by atoms with van der Waals surface area (Å²) in [7, 11) is -1.83. The van der Waals surface area contributed by atoms with Gasteiger partial charge in [0.25, 0.3) is 0 Å². The van der Waals surface area contributed by atoms with Gasteiger partial charge in [0.15, 0.2) is 0 Å². The zero-order chi connectivity index (χ0) is 19.4. The van der Waals surface area contributed by atoms with Crippen molar-refractivity contribution in [1.29, 1.82) is 0 Å². The highest BCUT2D eigenvalue weighted by molar-refractivity contribution is 7.89. The molecule has 2 rings (SSSR count). The average Bonchev–Trinajstić information content (AvgIpc) is 2.97. The minimum absolute atomic E-state index is 0.0396. The number of benzene rings is 1. The summed E-state index contributed by atoms with van der Waals surface area (Å²) in [5.41, 5.74) is 1.91. The molecule has 0 saturated carbocycles. The summed E-state index contributed by atoms with van der Waals surface area (Å²) < 4.78 is 28.7. The molecule has 2 aromatic rings. The monoisotopic (exact) mass is 378 g/mol. The van der Waals surface area contributed by atoms with Crippen molar-refractivity contribution in [3.8, 4) is 0 Å². The van der Waals surface area contributed by atoms with Crippen LogP contribution in [0.25, 0.3) is 0 Å². The normalized spacial score (nSPS) is 12.2. The summed E-state index contributed by atoms with van der Waals surface area (Å²) in [5.74, 6) is -0.223. The molecule has 0 radical (unpaired) electrons. The molecule has 0 spiro atoms. The van der Waals surface area contributed by atoms with E-state index < -0.39 is 10.0 Å². The number of carbonyl (C=O) groups is 1. The van der Waals surface area contributed by atoms with E-state index in [-0.39, 0.29) is 29.2 Å². The predicted molar refractivity (Wildman–Crippen MR) is 100 cm³/mol. The van der Waals surface area contributed by atoms with Crippen LogP contribution in [0.5, 0.6) is 0 Å². The molecule has 2 N–H and O–H groups in total. The van der Waals surface area contributed by atoms with Crippen LogP contribution in [0.1, 0.15) is 38.3 Å². The molecule has 0 unspecified atom stereocenters. The van der Waals surface area contributed by atoms with Gasteiger partial charge in [0, 0.05) is 38.3 Å². The number of hydrogen-bond donors (Lipinski definition) is 2. The third-order valence-electron chi connectivity index (χ3n) is 3.92. The van der Waals surface area contributed by atoms with Crippen LogP contribution < -0.4 is 10.0 Å². The van der Waals surface area contributed by atoms with Crippen molar-refractivity contribution in [2.24, 2.45) is 7.05 Å². The van der Waals surface area contributed by atoms with E-state index in [2.05, 4.69) is 35.9 Å². The van der Waals surface area contributed by atoms with Crippen molar-refractivity contribution in [2.45, 2.75) is 44.0 Å². The highest BCUT2D eigenvalue weighted by atomic mass is 32.2. The van der Waals surface area contributed by atoms with Crippen molar-refractivity contribution >= 4 is 15.9 Å². The molecule has 26 heavy (non-hydrogen) atoms. The number of hydrogen-bond acceptors (Lipinski definition) is 4. The fourth-order valence-electron chi connectivity index (χ4n) is 2.37. The van der Waals surface area contributed by atoms with Gasteiger partial charge in [-0.15, -0.1) is 0 Å². The Morgan fingerprint density at radius 2 is 1.85 bits per heavy atom. The molecule has 1 aromatic carbocycles. The number of rotatable bonds is 7. The molecule has 0 fully saturated rings. The van der Waals surface area contributed by atoms with Crippen LogP contribution in [0, 0.1) is 0 Å². The Kier molecular flexibility index (Phi) is 6.20. The number of aromatic nitrogens is 2. The molecule has 0 aliphatic carbocycles. The Labute approximate surface area is 154 Å². The molecular formula is C18H26N4O3S. The van der Waals surface area contributed by atoms with Gasteiger partial charge in [-0.3, -0.25) is 9.48 Å². The van der Waals surface area contributed by atoms with Gasteiger partial charge in [0.05, 0.1) is 11.1 Å². The SMILES string of the molecule is Cn1cc(CNC(=O)CCNS(=O)(=O)c2ccc(C(C)(C)C)cc2)cn1. The van der Waals surface area contributed by atoms with E-state index in [9.17, 15) is 13.2 Å². The van der Waals surface area contributed by atoms with Crippen molar-refractivity contribution < 1.29 is 13.2 Å². The van der Waals surface area contributed by atoms with Crippen LogP contribution in [0.2, 0.25) is 0 Å². The van der Waals surface area contributed by atoms with E-state index in [1.165, 1.54) is 0 Å². The fraction of sp³-hybridized carbons (Fsp3) is 0.444. The zero-order valence-electron chi connectivity index (χ0n) is 15.6. The van der Waals surface area contributed by atoms with Crippen LogP contribution in [0.4, 0.5) is 0 Å². The summed E-state index contributed by atoms with van der Waals surface area (Å²) in [5, 5.41) is 6.75. The largest absolute Gasteiger partial charge is 0.352 e. The third kappa shape index (κ3) is 5.67. The molecule has 0 aliphatic heterocycles. The van der Waals surface area contributed by atoms with Gasteiger partial charge in [0.2, 0.25) is 15.9 Å². The minimum atomic E-state index is -3.63. The maximum atomic E-state index is 12.3. The predicted octanol–water partition coefficient (Wildman–Crippen LogP) is 1.70. The quantitative estimate of drug-likeness (QED) is 0.767. The van der Waals surface area contributed by atoms with Gasteiger partial charge in [-0.1, -0.05) is 32.9 Å². The van der Waals surface area contributed by atoms with Crippen LogP contribution in [-0.4, -0.2) is 30.7 Å². The lowest BCUT2D eigenvalue weighted by molar-refractivity contribution is -0.121. The molecule has 1 aromatic heterocycles. The van der Waals surface area contributed by atoms with Crippen LogP contribution in [0.15, 0.2) is 41.6 Å². The van der Waals surface area contributed by atoms with E-state index in [0.29, 0.717) is 6.54 Å². The van der Waals surface area contributed by atoms with E-state index >= 15 is 0 Å². The van der Waals surface area contributed by atoms with E-state index in [1.54, 1.807) is 30.1 Å². The summed E-state index contributed by atoms with van der Waals surface area (Å²) in [6.45, 7) is 6.62. The summed E-state index contributed by atoms with van der Waals surface area (Å²) in [4.78, 5) is 12.0. The van der Waals surface area contributed by atoms with Gasteiger partial charge in [-0.2, -0.15) is 5.10 Å². The van der Waals surface area contributed by atoms with Gasteiger partial charge >= 0.3 is 0 Å². The molecule has 0 bridgehead atoms. The topological polar surface area (TPSA) is 93.1 Å². The first-order valence-corrected chi connectivity index (χ1v) is 9.91. The van der Waals surface area contributed by atoms with Gasteiger partial charge in [-0.25, -0.2) is 13.1 Å². The lowest BCUT2D eigenvalue weighted by Crippen LogP contribution is -2.30. The minimum Gasteiger partial charge on any atom is -0.352 e. The first-order chi connectivity index (χ1) is 12.1. The maximum absolute atomic E-state index is 12.3. The van der Waals surface area contributed by atoms with Crippen LogP contribution in [0.3, 0.4) is 0 Å². The van der Waals surface area contributed by atoms with Crippen molar-refractivity contribution in [1.82, 2.24) is 19.8 Å². The number of amides is 1. The van der Waals surface area contributed by atoms with E-state index in [4.69, 9.17) is 0 Å². The zero-order valence-corrected chi connectivity index (χ0v) is 16.4. The highest BCUT2D eigenvalue weighted by Crippen LogP contribution is 2.23. The van der Waals surface area contributed by atoms with Crippen molar-refractivity contribution in [3.05, 3.63) is 47.8 Å². The number of nitrogens with one attached hydrogen (secondary N) is 2. The number of sulfonamides is 1. The highest BCUT2D eigenvalue weighted by Gasteiger charge is 2.17. The number of carbonyl (C=O) groups excluding carboxylic acids is 1. The van der Waals surface area contributed by atoms with Gasteiger partial charge < -0.3 is 5.32 Å². The molecule has 0 aliphatic rings. The fourth-order valence-corrected chi connectivity index (χ4v) is 3.40. The molecule has 0 atom stereocenters. The molecule has 1 heterocycles. The Morgan fingerprint density at radius 1 is 1.19 bits per heavy atom. The van der Waals surface area contributed by atoms with E-state index in [1.807, 2.05) is 18.3 Å². The van der Waals surface area contributed by atoms with E-state index in [0.717, 1.165) is 11.1 Å². The standard InChI is InChI=1S/C18H26N4O3S/c1-18(2,3)15-5-7-16(8-6-15)26(24,25)21-10-9-17(23)19-11-14-12-20-22(4)13-14/h5-8,12-13,21H,9-11H2,1-4H3,(H,19,23). The molecule has 7 nitrogen and oxygen atoms in total. The summed E-state index contributed by atoms with van der Waals surface area (Å²) in [6, 6.07) is 6.81. The third-order valence-corrected chi connectivity index (χ3v) is 5.40. The molecular weight excluding hydrogens is 352 g/mol. The Hall–Kier alpha value is -2.19.